The summed E-state index contributed by atoms with van der Waals surface area (Å²) in [4.78, 5) is 9.78. The number of rotatable bonds is 4. The van der Waals surface area contributed by atoms with E-state index in [1.54, 1.807) is 6.07 Å². The fourth-order valence-electron chi connectivity index (χ4n) is 2.27. The number of allylic oxidation sites excluding steroid dienone is 1. The maximum atomic E-state index is 12.6. The van der Waals surface area contributed by atoms with Crippen LogP contribution in [0.1, 0.15) is 5.56 Å². The summed E-state index contributed by atoms with van der Waals surface area (Å²) in [5.41, 5.74) is -0.498. The molecule has 0 unspecified atom stereocenters. The molecule has 0 saturated carbocycles. The monoisotopic (exact) mass is 392 g/mol. The Morgan fingerprint density at radius 1 is 1.23 bits per heavy atom. The van der Waals surface area contributed by atoms with E-state index in [1.165, 1.54) is 30.3 Å². The number of hydrogen-bond donors (Lipinski definition) is 0. The summed E-state index contributed by atoms with van der Waals surface area (Å²) in [6, 6.07) is 9.19. The predicted molar refractivity (Wildman–Crippen MR) is 91.4 cm³/mol. The van der Waals surface area contributed by atoms with Crippen LogP contribution in [0, 0.1) is 21.4 Å². The zero-order valence-corrected chi connectivity index (χ0v) is 14.5. The van der Waals surface area contributed by atoms with Crippen LogP contribution in [0.2, 0.25) is 5.02 Å². The van der Waals surface area contributed by atoms with Gasteiger partial charge in [0.1, 0.15) is 11.0 Å². The molecule has 26 heavy (non-hydrogen) atoms. The van der Waals surface area contributed by atoms with E-state index in [2.05, 4.69) is 0 Å². The van der Waals surface area contributed by atoms with Gasteiger partial charge < -0.3 is 9.47 Å². The average Bonchev–Trinajstić information content (AvgIpc) is 3.06. The van der Waals surface area contributed by atoms with Crippen molar-refractivity contribution < 1.29 is 22.8 Å². The molecule has 0 N–H and O–H groups in total. The van der Waals surface area contributed by atoms with Gasteiger partial charge in [-0.2, -0.15) is 5.26 Å². The molecule has 10 heteroatoms. The van der Waals surface area contributed by atoms with Crippen molar-refractivity contribution in [2.24, 2.45) is 0 Å². The first kappa shape index (κ1) is 17.7. The molecule has 3 rings (SSSR count). The van der Waals surface area contributed by atoms with Crippen molar-refractivity contribution in [2.45, 2.75) is 4.90 Å². The first-order valence-electron chi connectivity index (χ1n) is 7.03. The van der Waals surface area contributed by atoms with Crippen LogP contribution in [0.4, 0.5) is 5.69 Å². The highest BCUT2D eigenvalue weighted by molar-refractivity contribution is 7.95. The largest absolute Gasteiger partial charge is 0.454 e. The number of nitro groups is 1. The summed E-state index contributed by atoms with van der Waals surface area (Å²) in [5, 5.41) is 20.9. The van der Waals surface area contributed by atoms with Crippen LogP contribution in [0.25, 0.3) is 6.08 Å². The number of fused-ring (bicyclic) bond motifs is 1. The molecular weight excluding hydrogens is 384 g/mol. The minimum absolute atomic E-state index is 0.0895. The second-order valence-corrected chi connectivity index (χ2v) is 7.45. The second-order valence-electron chi connectivity index (χ2n) is 5.10. The highest BCUT2D eigenvalue weighted by Gasteiger charge is 2.26. The third-order valence-electron chi connectivity index (χ3n) is 3.53. The van der Waals surface area contributed by atoms with E-state index < -0.39 is 25.4 Å². The number of hydrogen-bond acceptors (Lipinski definition) is 7. The molecule has 1 aliphatic heterocycles. The molecule has 1 aliphatic rings. The molecule has 0 aliphatic carbocycles. The van der Waals surface area contributed by atoms with Gasteiger partial charge in [-0.05, 0) is 36.4 Å². The van der Waals surface area contributed by atoms with Crippen molar-refractivity contribution in [3.63, 3.8) is 0 Å². The summed E-state index contributed by atoms with van der Waals surface area (Å²) in [7, 11) is -4.18. The highest BCUT2D eigenvalue weighted by atomic mass is 35.5. The Morgan fingerprint density at radius 2 is 1.85 bits per heavy atom. The average molecular weight is 393 g/mol. The van der Waals surface area contributed by atoms with Crippen LogP contribution in [-0.4, -0.2) is 20.1 Å². The van der Waals surface area contributed by atoms with Crippen LogP contribution >= 0.6 is 11.6 Å². The Kier molecular flexibility index (Phi) is 4.54. The molecule has 0 bridgehead atoms. The molecule has 0 aromatic heterocycles. The molecule has 1 heterocycles. The lowest BCUT2D eigenvalue weighted by molar-refractivity contribution is -0.385. The number of nitrogens with zero attached hydrogens (tertiary/aromatic N) is 2. The third kappa shape index (κ3) is 3.20. The molecule has 2 aromatic carbocycles. The van der Waals surface area contributed by atoms with E-state index in [1.807, 2.05) is 0 Å². The Morgan fingerprint density at radius 3 is 2.42 bits per heavy atom. The summed E-state index contributed by atoms with van der Waals surface area (Å²) < 4.78 is 35.5. The molecule has 0 amide bonds. The first-order chi connectivity index (χ1) is 12.3. The smallest absolute Gasteiger partial charge is 0.280 e. The van der Waals surface area contributed by atoms with Gasteiger partial charge in [-0.1, -0.05) is 11.6 Å². The SMILES string of the molecule is N#CC(=Cc1cc2c(cc1[N+](=O)[O-])OCO2)S(=O)(=O)c1ccc(Cl)cc1. The molecule has 0 fully saturated rings. The van der Waals surface area contributed by atoms with Gasteiger partial charge in [0.15, 0.2) is 11.5 Å². The number of ether oxygens (including phenoxy) is 2. The molecule has 0 spiro atoms. The van der Waals surface area contributed by atoms with Crippen molar-refractivity contribution in [1.29, 1.82) is 5.26 Å². The molecule has 0 radical (unpaired) electrons. The van der Waals surface area contributed by atoms with Gasteiger partial charge in [0.05, 0.1) is 21.4 Å². The van der Waals surface area contributed by atoms with Crippen molar-refractivity contribution >= 4 is 33.2 Å². The minimum Gasteiger partial charge on any atom is -0.454 e. The van der Waals surface area contributed by atoms with Crippen molar-refractivity contribution in [3.05, 3.63) is 62.0 Å². The zero-order chi connectivity index (χ0) is 18.9. The molecule has 2 aromatic rings. The Hall–Kier alpha value is -3.09. The van der Waals surface area contributed by atoms with E-state index in [9.17, 15) is 23.8 Å². The maximum Gasteiger partial charge on any atom is 0.280 e. The Labute approximate surface area is 152 Å². The number of benzene rings is 2. The van der Waals surface area contributed by atoms with Crippen LogP contribution in [-0.2, 0) is 9.84 Å². The fraction of sp³-hybridized carbons (Fsp3) is 0.0625. The lowest BCUT2D eigenvalue weighted by atomic mass is 10.1. The van der Waals surface area contributed by atoms with Crippen LogP contribution in [0.15, 0.2) is 46.2 Å². The van der Waals surface area contributed by atoms with E-state index in [-0.39, 0.29) is 28.8 Å². The molecule has 0 atom stereocenters. The number of nitro benzene ring substituents is 1. The van der Waals surface area contributed by atoms with Crippen molar-refractivity contribution in [3.8, 4) is 17.6 Å². The van der Waals surface area contributed by atoms with Gasteiger partial charge in [-0.3, -0.25) is 10.1 Å². The molecular formula is C16H9ClN2O6S. The van der Waals surface area contributed by atoms with Crippen LogP contribution in [0.5, 0.6) is 11.5 Å². The fourth-order valence-corrected chi connectivity index (χ4v) is 3.55. The zero-order valence-electron chi connectivity index (χ0n) is 12.9. The van der Waals surface area contributed by atoms with Gasteiger partial charge in [0.2, 0.25) is 16.6 Å². The lowest BCUT2D eigenvalue weighted by Gasteiger charge is -2.05. The van der Waals surface area contributed by atoms with E-state index in [0.29, 0.717) is 5.02 Å². The Bertz CT molecular complexity index is 1070. The van der Waals surface area contributed by atoms with Crippen LogP contribution < -0.4 is 9.47 Å². The minimum atomic E-state index is -4.18. The molecule has 0 saturated heterocycles. The first-order valence-corrected chi connectivity index (χ1v) is 8.89. The van der Waals surface area contributed by atoms with Gasteiger partial charge in [-0.25, -0.2) is 8.42 Å². The van der Waals surface area contributed by atoms with Crippen molar-refractivity contribution in [1.82, 2.24) is 0 Å². The van der Waals surface area contributed by atoms with Crippen LogP contribution in [0.3, 0.4) is 0 Å². The quantitative estimate of drug-likeness (QED) is 0.444. The maximum absolute atomic E-state index is 12.6. The molecule has 8 nitrogen and oxygen atoms in total. The normalized spacial score (nSPS) is 13.3. The summed E-state index contributed by atoms with van der Waals surface area (Å²) >= 11 is 5.74. The van der Waals surface area contributed by atoms with E-state index >= 15 is 0 Å². The number of halogens is 1. The summed E-state index contributed by atoms with van der Waals surface area (Å²) in [6.07, 6.45) is 0.935. The molecule has 132 valence electrons. The Balaban J connectivity index is 2.14. The number of nitriles is 1. The highest BCUT2D eigenvalue weighted by Crippen LogP contribution is 2.39. The van der Waals surface area contributed by atoms with Gasteiger partial charge in [-0.15, -0.1) is 0 Å². The van der Waals surface area contributed by atoms with Gasteiger partial charge in [0.25, 0.3) is 5.69 Å². The third-order valence-corrected chi connectivity index (χ3v) is 5.46. The van der Waals surface area contributed by atoms with Gasteiger partial charge >= 0.3 is 0 Å². The van der Waals surface area contributed by atoms with Crippen molar-refractivity contribution in [2.75, 3.05) is 6.79 Å². The summed E-state index contributed by atoms with van der Waals surface area (Å²) in [5.74, 6) is 0.399. The lowest BCUT2D eigenvalue weighted by Crippen LogP contribution is -2.04. The topological polar surface area (TPSA) is 120 Å². The second kappa shape index (κ2) is 6.67. The van der Waals surface area contributed by atoms with E-state index in [4.69, 9.17) is 21.1 Å². The van der Waals surface area contributed by atoms with E-state index in [0.717, 1.165) is 12.1 Å². The standard InChI is InChI=1S/C16H9ClN2O6S/c17-11-1-3-12(4-2-11)26(22,23)13(8-18)5-10-6-15-16(25-9-24-15)7-14(10)19(20)21/h1-7H,9H2. The number of sulfone groups is 1. The van der Waals surface area contributed by atoms with Gasteiger partial charge in [0, 0.05) is 5.02 Å². The predicted octanol–water partition coefficient (Wildman–Crippen LogP) is 3.32. The summed E-state index contributed by atoms with van der Waals surface area (Å²) in [6.45, 7) is -0.103.